The van der Waals surface area contributed by atoms with E-state index in [1.54, 1.807) is 17.0 Å². The average Bonchev–Trinajstić information content (AvgIpc) is 3.21. The van der Waals surface area contributed by atoms with Crippen LogP contribution in [0.15, 0.2) is 24.3 Å². The first-order valence-corrected chi connectivity index (χ1v) is 8.55. The maximum Gasteiger partial charge on any atom is 0.410 e. The van der Waals surface area contributed by atoms with Gasteiger partial charge in [-0.25, -0.2) is 4.79 Å². The van der Waals surface area contributed by atoms with E-state index in [-0.39, 0.29) is 11.8 Å². The molecule has 1 N–H and O–H groups in total. The quantitative estimate of drug-likeness (QED) is 0.915. The number of likely N-dealkylation sites (tertiary alicyclic amines) is 1. The second-order valence-electron chi connectivity index (χ2n) is 7.76. The van der Waals surface area contributed by atoms with Crippen LogP contribution in [0.5, 0.6) is 0 Å². The van der Waals surface area contributed by atoms with Gasteiger partial charge < -0.3 is 10.1 Å². The van der Waals surface area contributed by atoms with Crippen LogP contribution in [0.3, 0.4) is 0 Å². The van der Waals surface area contributed by atoms with Gasteiger partial charge in [0.1, 0.15) is 11.6 Å². The summed E-state index contributed by atoms with van der Waals surface area (Å²) in [6, 6.07) is 8.70. The molecule has 3 atom stereocenters. The normalized spacial score (nSPS) is 24.2. The van der Waals surface area contributed by atoms with Crippen molar-refractivity contribution >= 4 is 12.0 Å². The predicted molar refractivity (Wildman–Crippen MR) is 91.3 cm³/mol. The molecule has 1 saturated heterocycles. The largest absolute Gasteiger partial charge is 0.444 e. The minimum absolute atomic E-state index is 0.139. The lowest BCUT2D eigenvalue weighted by atomic mass is 10.1. The molecular weight excluding hydrogens is 318 g/mol. The molecule has 1 aromatic carbocycles. The highest BCUT2D eigenvalue weighted by Gasteiger charge is 2.57. The lowest BCUT2D eigenvalue weighted by Crippen LogP contribution is -2.49. The smallest absolute Gasteiger partial charge is 0.410 e. The van der Waals surface area contributed by atoms with Gasteiger partial charge in [0.2, 0.25) is 5.91 Å². The molecule has 2 aliphatic rings. The number of hydrogen-bond donors (Lipinski definition) is 1. The van der Waals surface area contributed by atoms with Crippen LogP contribution in [0.2, 0.25) is 0 Å². The van der Waals surface area contributed by atoms with Crippen LogP contribution in [-0.2, 0) is 16.1 Å². The van der Waals surface area contributed by atoms with Crippen LogP contribution in [0, 0.1) is 23.2 Å². The standard InChI is InChI=1S/C19H23N3O3/c1-19(2,3)25-18(24)22-11-14-8-15(14)16(22)17(23)21-10-13-6-4-12(9-20)5-7-13/h4-7,14-16H,8,10-11H2,1-3H3,(H,21,23)/t14?,15?,16-/m0/s1. The van der Waals surface area contributed by atoms with Crippen molar-refractivity contribution in [2.45, 2.75) is 45.4 Å². The third kappa shape index (κ3) is 3.93. The van der Waals surface area contributed by atoms with Gasteiger partial charge in [0, 0.05) is 13.1 Å². The summed E-state index contributed by atoms with van der Waals surface area (Å²) < 4.78 is 5.44. The summed E-state index contributed by atoms with van der Waals surface area (Å²) >= 11 is 0. The molecule has 1 aliphatic carbocycles. The van der Waals surface area contributed by atoms with Crippen LogP contribution in [0.1, 0.15) is 38.3 Å². The van der Waals surface area contributed by atoms with E-state index in [4.69, 9.17) is 10.00 Å². The molecule has 0 spiro atoms. The second kappa shape index (κ2) is 6.40. The van der Waals surface area contributed by atoms with Crippen LogP contribution in [0.25, 0.3) is 0 Å². The number of ether oxygens (including phenoxy) is 1. The zero-order valence-corrected chi connectivity index (χ0v) is 14.8. The zero-order valence-electron chi connectivity index (χ0n) is 14.8. The Morgan fingerprint density at radius 2 is 2.00 bits per heavy atom. The number of piperidine rings is 1. The fourth-order valence-corrected chi connectivity index (χ4v) is 3.30. The molecule has 1 saturated carbocycles. The first-order chi connectivity index (χ1) is 11.8. The number of carbonyl (C=O) groups is 2. The highest BCUT2D eigenvalue weighted by atomic mass is 16.6. The maximum absolute atomic E-state index is 12.6. The van der Waals surface area contributed by atoms with Gasteiger partial charge in [-0.2, -0.15) is 5.26 Å². The van der Waals surface area contributed by atoms with Gasteiger partial charge in [0.25, 0.3) is 0 Å². The lowest BCUT2D eigenvalue weighted by molar-refractivity contribution is -0.126. The SMILES string of the molecule is CC(C)(C)OC(=O)N1CC2CC2[C@H]1C(=O)NCc1ccc(C#N)cc1. The molecule has 0 aromatic heterocycles. The molecule has 1 heterocycles. The number of hydrogen-bond acceptors (Lipinski definition) is 4. The van der Waals surface area contributed by atoms with E-state index in [2.05, 4.69) is 11.4 Å². The zero-order chi connectivity index (χ0) is 18.2. The summed E-state index contributed by atoms with van der Waals surface area (Å²) in [5.74, 6) is 0.520. The van der Waals surface area contributed by atoms with Crippen molar-refractivity contribution in [2.24, 2.45) is 11.8 Å². The first-order valence-electron chi connectivity index (χ1n) is 8.55. The van der Waals surface area contributed by atoms with Crippen molar-refractivity contribution in [3.8, 4) is 6.07 Å². The minimum atomic E-state index is -0.576. The summed E-state index contributed by atoms with van der Waals surface area (Å²) in [6.07, 6.45) is 0.576. The van der Waals surface area contributed by atoms with Crippen LogP contribution >= 0.6 is 0 Å². The summed E-state index contributed by atoms with van der Waals surface area (Å²) in [6.45, 7) is 6.43. The Hall–Kier alpha value is -2.55. The van der Waals surface area contributed by atoms with Crippen molar-refractivity contribution in [2.75, 3.05) is 6.54 Å². The number of benzene rings is 1. The monoisotopic (exact) mass is 341 g/mol. The highest BCUT2D eigenvalue weighted by molar-refractivity contribution is 5.87. The summed E-state index contributed by atoms with van der Waals surface area (Å²) in [7, 11) is 0. The molecule has 6 heteroatoms. The first kappa shape index (κ1) is 17.3. The fraction of sp³-hybridized carbons (Fsp3) is 0.526. The number of rotatable bonds is 3. The maximum atomic E-state index is 12.6. The summed E-state index contributed by atoms with van der Waals surface area (Å²) in [5.41, 5.74) is 0.928. The Balaban J connectivity index is 1.61. The molecule has 1 aliphatic heterocycles. The fourth-order valence-electron chi connectivity index (χ4n) is 3.30. The summed E-state index contributed by atoms with van der Waals surface area (Å²) in [4.78, 5) is 26.6. The van der Waals surface area contributed by atoms with Crippen LogP contribution < -0.4 is 5.32 Å². The van der Waals surface area contributed by atoms with Gasteiger partial charge in [-0.05, 0) is 56.7 Å². The Kier molecular flexibility index (Phi) is 4.42. The third-order valence-corrected chi connectivity index (χ3v) is 4.60. The molecule has 6 nitrogen and oxygen atoms in total. The van der Waals surface area contributed by atoms with E-state index in [1.165, 1.54) is 0 Å². The molecule has 1 aromatic rings. The Morgan fingerprint density at radius 3 is 2.60 bits per heavy atom. The topological polar surface area (TPSA) is 82.4 Å². The van der Waals surface area contributed by atoms with E-state index in [9.17, 15) is 9.59 Å². The molecule has 25 heavy (non-hydrogen) atoms. The van der Waals surface area contributed by atoms with E-state index < -0.39 is 17.7 Å². The average molecular weight is 341 g/mol. The second-order valence-corrected chi connectivity index (χ2v) is 7.76. The van der Waals surface area contributed by atoms with Gasteiger partial charge in [0.05, 0.1) is 11.6 Å². The van der Waals surface area contributed by atoms with Crippen molar-refractivity contribution in [1.82, 2.24) is 10.2 Å². The number of fused-ring (bicyclic) bond motifs is 1. The van der Waals surface area contributed by atoms with Gasteiger partial charge in [-0.1, -0.05) is 12.1 Å². The van der Waals surface area contributed by atoms with Crippen LogP contribution in [-0.4, -0.2) is 35.1 Å². The van der Waals surface area contributed by atoms with Crippen LogP contribution in [0.4, 0.5) is 4.79 Å². The van der Waals surface area contributed by atoms with Crippen molar-refractivity contribution < 1.29 is 14.3 Å². The molecule has 0 bridgehead atoms. The van der Waals surface area contributed by atoms with Crippen molar-refractivity contribution in [3.05, 3.63) is 35.4 Å². The molecule has 2 fully saturated rings. The van der Waals surface area contributed by atoms with Gasteiger partial charge >= 0.3 is 6.09 Å². The number of nitrogens with zero attached hydrogens (tertiary/aromatic N) is 2. The number of nitrogens with one attached hydrogen (secondary N) is 1. The Morgan fingerprint density at radius 1 is 1.32 bits per heavy atom. The highest BCUT2D eigenvalue weighted by Crippen LogP contribution is 2.49. The molecule has 2 unspecified atom stereocenters. The molecule has 2 amide bonds. The number of carbonyl (C=O) groups excluding carboxylic acids is 2. The van der Waals surface area contributed by atoms with Crippen molar-refractivity contribution in [3.63, 3.8) is 0 Å². The Labute approximate surface area is 147 Å². The molecule has 3 rings (SSSR count). The number of nitriles is 1. The molecule has 132 valence electrons. The number of amides is 2. The van der Waals surface area contributed by atoms with Crippen molar-refractivity contribution in [1.29, 1.82) is 5.26 Å². The van der Waals surface area contributed by atoms with Gasteiger partial charge in [0.15, 0.2) is 0 Å². The predicted octanol–water partition coefficient (Wildman–Crippen LogP) is 2.43. The van der Waals surface area contributed by atoms with E-state index >= 15 is 0 Å². The van der Waals surface area contributed by atoms with E-state index in [0.29, 0.717) is 24.6 Å². The van der Waals surface area contributed by atoms with E-state index in [0.717, 1.165) is 12.0 Å². The van der Waals surface area contributed by atoms with Gasteiger partial charge in [-0.15, -0.1) is 0 Å². The molecular formula is C19H23N3O3. The van der Waals surface area contributed by atoms with E-state index in [1.807, 2.05) is 32.9 Å². The third-order valence-electron chi connectivity index (χ3n) is 4.60. The minimum Gasteiger partial charge on any atom is -0.444 e. The lowest BCUT2D eigenvalue weighted by Gasteiger charge is -2.29. The molecule has 0 radical (unpaired) electrons. The Bertz CT molecular complexity index is 715. The summed E-state index contributed by atoms with van der Waals surface area (Å²) in [5, 5.41) is 11.7. The van der Waals surface area contributed by atoms with Gasteiger partial charge in [-0.3, -0.25) is 9.69 Å².